The molecule has 0 spiro atoms. The van der Waals surface area contributed by atoms with E-state index >= 15 is 0 Å². The molecule has 1 heterocycles. The summed E-state index contributed by atoms with van der Waals surface area (Å²) in [6, 6.07) is 4.64. The molecule has 1 aliphatic rings. The molecule has 1 fully saturated rings. The van der Waals surface area contributed by atoms with Crippen molar-refractivity contribution in [2.24, 2.45) is 0 Å². The molecule has 2 rings (SSSR count). The Hall–Kier alpha value is -1.70. The van der Waals surface area contributed by atoms with Crippen molar-refractivity contribution >= 4 is 29.7 Å². The highest BCUT2D eigenvalue weighted by molar-refractivity contribution is 5.91. The number of ether oxygens (including phenoxy) is 1. The van der Waals surface area contributed by atoms with Gasteiger partial charge in [0.1, 0.15) is 0 Å². The number of carbonyl (C=O) groups excluding carboxylic acids is 1. The minimum Gasteiger partial charge on any atom is -0.378 e. The first-order valence-corrected chi connectivity index (χ1v) is 6.42. The van der Waals surface area contributed by atoms with Crippen molar-refractivity contribution in [2.75, 3.05) is 25.1 Å². The number of nitrogens with one attached hydrogen (secondary N) is 2. The van der Waals surface area contributed by atoms with Crippen LogP contribution in [0.1, 0.15) is 12.0 Å². The number of hydrogen-bond acceptors (Lipinski definition) is 5. The van der Waals surface area contributed by atoms with Crippen LogP contribution in [0.15, 0.2) is 18.2 Å². The summed E-state index contributed by atoms with van der Waals surface area (Å²) in [5.41, 5.74) is 1.00. The van der Waals surface area contributed by atoms with Crippen molar-refractivity contribution in [3.8, 4) is 0 Å². The fourth-order valence-corrected chi connectivity index (χ4v) is 2.07. The monoisotopic (exact) mass is 315 g/mol. The van der Waals surface area contributed by atoms with Crippen molar-refractivity contribution in [3.63, 3.8) is 0 Å². The summed E-state index contributed by atoms with van der Waals surface area (Å²) in [5, 5.41) is 16.7. The molecule has 8 heteroatoms. The van der Waals surface area contributed by atoms with E-state index in [0.717, 1.165) is 6.54 Å². The van der Waals surface area contributed by atoms with Gasteiger partial charge >= 0.3 is 0 Å². The smallest absolute Gasteiger partial charge is 0.274 e. The number of amides is 1. The summed E-state index contributed by atoms with van der Waals surface area (Å²) in [4.78, 5) is 22.3. The molecule has 0 aliphatic carbocycles. The van der Waals surface area contributed by atoms with Gasteiger partial charge in [0.25, 0.3) is 5.69 Å². The van der Waals surface area contributed by atoms with Crippen molar-refractivity contribution in [1.29, 1.82) is 0 Å². The first-order chi connectivity index (χ1) is 9.56. The molecule has 1 aromatic rings. The van der Waals surface area contributed by atoms with Crippen LogP contribution in [-0.4, -0.2) is 36.6 Å². The molecule has 1 amide bonds. The lowest BCUT2D eigenvalue weighted by Gasteiger charge is -2.23. The number of nitro benzene ring substituents is 1. The van der Waals surface area contributed by atoms with Crippen LogP contribution in [-0.2, 0) is 9.53 Å². The van der Waals surface area contributed by atoms with Crippen LogP contribution in [0.3, 0.4) is 0 Å². The van der Waals surface area contributed by atoms with Crippen LogP contribution in [0, 0.1) is 17.0 Å². The minimum atomic E-state index is -0.457. The molecular formula is C13H18ClN3O4. The average molecular weight is 316 g/mol. The number of rotatable bonds is 4. The van der Waals surface area contributed by atoms with Crippen molar-refractivity contribution in [3.05, 3.63) is 33.9 Å². The van der Waals surface area contributed by atoms with Crippen LogP contribution in [0.2, 0.25) is 0 Å². The van der Waals surface area contributed by atoms with Gasteiger partial charge in [0.2, 0.25) is 5.91 Å². The number of hydrogen-bond donors (Lipinski definition) is 2. The van der Waals surface area contributed by atoms with E-state index in [2.05, 4.69) is 10.6 Å². The topological polar surface area (TPSA) is 93.5 Å². The Morgan fingerprint density at radius 1 is 1.57 bits per heavy atom. The number of nitro groups is 1. The van der Waals surface area contributed by atoms with Crippen molar-refractivity contribution < 1.29 is 14.5 Å². The first-order valence-electron chi connectivity index (χ1n) is 6.42. The van der Waals surface area contributed by atoms with E-state index in [1.807, 2.05) is 0 Å². The number of aryl methyl sites for hydroxylation is 1. The Morgan fingerprint density at radius 3 is 2.95 bits per heavy atom. The van der Waals surface area contributed by atoms with Crippen LogP contribution < -0.4 is 10.6 Å². The van der Waals surface area contributed by atoms with E-state index in [0.29, 0.717) is 24.5 Å². The lowest BCUT2D eigenvalue weighted by atomic mass is 10.1. The molecule has 0 bridgehead atoms. The second-order valence-corrected chi connectivity index (χ2v) is 4.74. The maximum Gasteiger partial charge on any atom is 0.274 e. The Morgan fingerprint density at radius 2 is 2.33 bits per heavy atom. The summed E-state index contributed by atoms with van der Waals surface area (Å²) in [7, 11) is 0. The number of anilines is 1. The zero-order valence-electron chi connectivity index (χ0n) is 11.6. The molecule has 7 nitrogen and oxygen atoms in total. The fourth-order valence-electron chi connectivity index (χ4n) is 2.07. The standard InChI is InChI=1S/C13H17N3O4.ClH/c1-9-2-3-10(6-12(9)16(18)19)15-13(17)7-11-8-20-5-4-14-11;/h2-3,6,11,14H,4-5,7-8H2,1H3,(H,15,17);1H. The van der Waals surface area contributed by atoms with E-state index in [4.69, 9.17) is 4.74 Å². The third-order valence-electron chi connectivity index (χ3n) is 3.12. The van der Waals surface area contributed by atoms with Crippen molar-refractivity contribution in [1.82, 2.24) is 5.32 Å². The number of benzene rings is 1. The van der Waals surface area contributed by atoms with Crippen LogP contribution in [0.5, 0.6) is 0 Å². The Labute approximate surface area is 128 Å². The first kappa shape index (κ1) is 17.4. The summed E-state index contributed by atoms with van der Waals surface area (Å²) >= 11 is 0. The molecular weight excluding hydrogens is 298 g/mol. The van der Waals surface area contributed by atoms with Crippen LogP contribution in [0.4, 0.5) is 11.4 Å². The number of halogens is 1. The summed E-state index contributed by atoms with van der Waals surface area (Å²) in [5.74, 6) is -0.189. The maximum atomic E-state index is 11.9. The molecule has 1 aliphatic heterocycles. The minimum absolute atomic E-state index is 0. The zero-order chi connectivity index (χ0) is 14.5. The Bertz CT molecular complexity index is 518. The van der Waals surface area contributed by atoms with Gasteiger partial charge in [-0.15, -0.1) is 12.4 Å². The normalized spacial score (nSPS) is 17.7. The van der Waals surface area contributed by atoms with Gasteiger partial charge in [-0.1, -0.05) is 6.07 Å². The lowest BCUT2D eigenvalue weighted by molar-refractivity contribution is -0.385. The predicted molar refractivity (Wildman–Crippen MR) is 80.9 cm³/mol. The van der Waals surface area contributed by atoms with Gasteiger partial charge < -0.3 is 15.4 Å². The molecule has 0 aromatic heterocycles. The molecule has 1 aromatic carbocycles. The van der Waals surface area contributed by atoms with Gasteiger partial charge in [-0.3, -0.25) is 14.9 Å². The molecule has 1 saturated heterocycles. The second kappa shape index (κ2) is 7.92. The molecule has 1 unspecified atom stereocenters. The van der Waals surface area contributed by atoms with E-state index in [1.54, 1.807) is 19.1 Å². The molecule has 21 heavy (non-hydrogen) atoms. The number of morpholine rings is 1. The fraction of sp³-hybridized carbons (Fsp3) is 0.462. The third-order valence-corrected chi connectivity index (χ3v) is 3.12. The number of nitrogens with zero attached hydrogens (tertiary/aromatic N) is 1. The van der Waals surface area contributed by atoms with Gasteiger partial charge in [-0.25, -0.2) is 0 Å². The highest BCUT2D eigenvalue weighted by Gasteiger charge is 2.18. The highest BCUT2D eigenvalue weighted by Crippen LogP contribution is 2.22. The molecule has 116 valence electrons. The quantitative estimate of drug-likeness (QED) is 0.651. The largest absolute Gasteiger partial charge is 0.378 e. The van der Waals surface area contributed by atoms with Gasteiger partial charge in [0.05, 0.1) is 18.1 Å². The van der Waals surface area contributed by atoms with E-state index < -0.39 is 4.92 Å². The SMILES string of the molecule is Cc1ccc(NC(=O)CC2COCCN2)cc1[N+](=O)[O-].Cl. The lowest BCUT2D eigenvalue weighted by Crippen LogP contribution is -2.43. The average Bonchev–Trinajstić information content (AvgIpc) is 2.41. The van der Waals surface area contributed by atoms with Gasteiger partial charge in [0.15, 0.2) is 0 Å². The van der Waals surface area contributed by atoms with Gasteiger partial charge in [-0.2, -0.15) is 0 Å². The molecule has 0 radical (unpaired) electrons. The van der Waals surface area contributed by atoms with Crippen LogP contribution in [0.25, 0.3) is 0 Å². The Kier molecular flexibility index (Phi) is 6.54. The van der Waals surface area contributed by atoms with Gasteiger partial charge in [-0.05, 0) is 13.0 Å². The maximum absolute atomic E-state index is 11.9. The highest BCUT2D eigenvalue weighted by atomic mass is 35.5. The van der Waals surface area contributed by atoms with E-state index in [-0.39, 0.29) is 36.5 Å². The van der Waals surface area contributed by atoms with Crippen LogP contribution >= 0.6 is 12.4 Å². The third kappa shape index (κ3) is 4.96. The summed E-state index contributed by atoms with van der Waals surface area (Å²) in [6.07, 6.45) is 0.279. The van der Waals surface area contributed by atoms with Crippen molar-refractivity contribution in [2.45, 2.75) is 19.4 Å². The summed E-state index contributed by atoms with van der Waals surface area (Å²) < 4.78 is 5.27. The molecule has 2 N–H and O–H groups in total. The Balaban J connectivity index is 0.00000220. The molecule has 0 saturated carbocycles. The summed E-state index contributed by atoms with van der Waals surface area (Å²) in [6.45, 7) is 3.55. The predicted octanol–water partition coefficient (Wildman–Crippen LogP) is 1.64. The molecule has 1 atom stereocenters. The van der Waals surface area contributed by atoms with E-state index in [9.17, 15) is 14.9 Å². The van der Waals surface area contributed by atoms with E-state index in [1.165, 1.54) is 6.07 Å². The van der Waals surface area contributed by atoms with Gasteiger partial charge in [0, 0.05) is 36.3 Å². The second-order valence-electron chi connectivity index (χ2n) is 4.74. The number of carbonyl (C=O) groups is 1. The zero-order valence-corrected chi connectivity index (χ0v) is 12.4.